The Morgan fingerprint density at radius 1 is 0.853 bits per heavy atom. The first-order valence-electron chi connectivity index (χ1n) is 11.5. The van der Waals surface area contributed by atoms with E-state index in [0.717, 1.165) is 22.6 Å². The van der Waals surface area contributed by atoms with Crippen LogP contribution in [0.1, 0.15) is 60.7 Å². The number of benzene rings is 3. The summed E-state index contributed by atoms with van der Waals surface area (Å²) in [5.74, 6) is 0.652. The molecule has 3 rings (SSSR count). The maximum Gasteiger partial charge on any atom is 0.311 e. The van der Waals surface area contributed by atoms with Crippen LogP contribution < -0.4 is 14.8 Å². The highest BCUT2D eigenvalue weighted by atomic mass is 16.5. The summed E-state index contributed by atoms with van der Waals surface area (Å²) in [5, 5.41) is 2.91. The second kappa shape index (κ2) is 11.0. The molecule has 5 heteroatoms. The summed E-state index contributed by atoms with van der Waals surface area (Å²) in [7, 11) is 0. The largest absolute Gasteiger partial charge is 0.494 e. The van der Waals surface area contributed by atoms with Gasteiger partial charge in [-0.1, -0.05) is 50.6 Å². The van der Waals surface area contributed by atoms with Gasteiger partial charge in [-0.2, -0.15) is 0 Å². The molecule has 0 aliphatic heterocycles. The minimum absolute atomic E-state index is 0.102. The lowest BCUT2D eigenvalue weighted by molar-refractivity contribution is -0.134. The molecule has 0 aliphatic rings. The first kappa shape index (κ1) is 25.0. The first-order valence-corrected chi connectivity index (χ1v) is 11.5. The molecule has 0 heterocycles. The molecule has 0 unspecified atom stereocenters. The lowest BCUT2D eigenvalue weighted by Crippen LogP contribution is -2.13. The number of carbonyl (C=O) groups is 2. The fourth-order valence-electron chi connectivity index (χ4n) is 3.46. The van der Waals surface area contributed by atoms with Crippen molar-refractivity contribution in [1.29, 1.82) is 0 Å². The normalized spacial score (nSPS) is 11.1. The second-order valence-electron chi connectivity index (χ2n) is 9.50. The van der Waals surface area contributed by atoms with Gasteiger partial charge in [0.1, 0.15) is 11.5 Å². The molecule has 0 saturated carbocycles. The molecule has 34 heavy (non-hydrogen) atoms. The van der Waals surface area contributed by atoms with Gasteiger partial charge in [0.2, 0.25) is 0 Å². The van der Waals surface area contributed by atoms with Crippen molar-refractivity contribution in [2.24, 2.45) is 0 Å². The van der Waals surface area contributed by atoms with Crippen molar-refractivity contribution in [3.8, 4) is 11.5 Å². The van der Waals surface area contributed by atoms with Crippen molar-refractivity contribution >= 4 is 17.6 Å². The van der Waals surface area contributed by atoms with E-state index in [2.05, 4.69) is 38.2 Å². The van der Waals surface area contributed by atoms with Crippen molar-refractivity contribution in [3.05, 3.63) is 89.0 Å². The molecule has 3 aromatic rings. The molecule has 0 fully saturated rings. The second-order valence-corrected chi connectivity index (χ2v) is 9.50. The van der Waals surface area contributed by atoms with Gasteiger partial charge in [0.05, 0.1) is 6.61 Å². The van der Waals surface area contributed by atoms with Crippen LogP contribution in [0.15, 0.2) is 66.7 Å². The SMILES string of the molecule is Cc1ccc(NC(=O)c2ccc(OC(=O)CCCOc3ccc(C(C)(C)C)cc3)cc2)c(C)c1. The topological polar surface area (TPSA) is 64.6 Å². The quantitative estimate of drug-likeness (QED) is 0.234. The number of anilines is 1. The third-order valence-corrected chi connectivity index (χ3v) is 5.49. The van der Waals surface area contributed by atoms with Crippen molar-refractivity contribution < 1.29 is 19.1 Å². The molecular formula is C29H33NO4. The lowest BCUT2D eigenvalue weighted by atomic mass is 9.87. The van der Waals surface area contributed by atoms with Crippen molar-refractivity contribution in [1.82, 2.24) is 0 Å². The molecule has 1 amide bonds. The maximum absolute atomic E-state index is 12.5. The van der Waals surface area contributed by atoms with Gasteiger partial charge in [-0.3, -0.25) is 9.59 Å². The van der Waals surface area contributed by atoms with Crippen LogP contribution in [0.5, 0.6) is 11.5 Å². The zero-order valence-electron chi connectivity index (χ0n) is 20.6. The van der Waals surface area contributed by atoms with E-state index >= 15 is 0 Å². The zero-order valence-corrected chi connectivity index (χ0v) is 20.6. The Hall–Kier alpha value is -3.60. The Balaban J connectivity index is 1.42. The number of hydrogen-bond acceptors (Lipinski definition) is 4. The summed E-state index contributed by atoms with van der Waals surface area (Å²) in [6.45, 7) is 10.9. The summed E-state index contributed by atoms with van der Waals surface area (Å²) in [5.41, 5.74) is 4.76. The first-order chi connectivity index (χ1) is 16.1. The highest BCUT2D eigenvalue weighted by Crippen LogP contribution is 2.24. The molecular weight excluding hydrogens is 426 g/mol. The predicted molar refractivity (Wildman–Crippen MR) is 136 cm³/mol. The van der Waals surface area contributed by atoms with E-state index < -0.39 is 0 Å². The molecule has 0 saturated heterocycles. The third-order valence-electron chi connectivity index (χ3n) is 5.49. The minimum Gasteiger partial charge on any atom is -0.494 e. The Morgan fingerprint density at radius 2 is 1.50 bits per heavy atom. The van der Waals surface area contributed by atoms with E-state index in [9.17, 15) is 9.59 Å². The van der Waals surface area contributed by atoms with Crippen molar-refractivity contribution in [3.63, 3.8) is 0 Å². The van der Waals surface area contributed by atoms with E-state index in [-0.39, 0.29) is 23.7 Å². The average Bonchev–Trinajstić information content (AvgIpc) is 2.79. The number of ether oxygens (including phenoxy) is 2. The van der Waals surface area contributed by atoms with Gasteiger partial charge in [-0.25, -0.2) is 0 Å². The van der Waals surface area contributed by atoms with Gasteiger partial charge in [0, 0.05) is 17.7 Å². The van der Waals surface area contributed by atoms with E-state index in [1.807, 2.05) is 44.2 Å². The van der Waals surface area contributed by atoms with Crippen LogP contribution in [-0.4, -0.2) is 18.5 Å². The van der Waals surface area contributed by atoms with E-state index in [1.54, 1.807) is 24.3 Å². The highest BCUT2D eigenvalue weighted by molar-refractivity contribution is 6.04. The van der Waals surface area contributed by atoms with Gasteiger partial charge in [0.15, 0.2) is 0 Å². The Kier molecular flexibility index (Phi) is 8.11. The molecule has 0 aliphatic carbocycles. The molecule has 178 valence electrons. The number of nitrogens with one attached hydrogen (secondary N) is 1. The standard InChI is InChI=1S/C29H33NO4/c1-20-8-17-26(21(2)19-20)30-28(32)22-9-13-25(14-10-22)34-27(31)7-6-18-33-24-15-11-23(12-16-24)29(3,4)5/h8-17,19H,6-7,18H2,1-5H3,(H,30,32). The number of hydrogen-bond donors (Lipinski definition) is 1. The summed E-state index contributed by atoms with van der Waals surface area (Å²) in [6.07, 6.45) is 0.797. The van der Waals surface area contributed by atoms with Gasteiger partial charge in [-0.05, 0) is 79.3 Å². The summed E-state index contributed by atoms with van der Waals surface area (Å²) in [6, 6.07) is 20.5. The van der Waals surface area contributed by atoms with Crippen molar-refractivity contribution in [2.45, 2.75) is 52.9 Å². The monoisotopic (exact) mass is 459 g/mol. The summed E-state index contributed by atoms with van der Waals surface area (Å²) < 4.78 is 11.1. The Labute approximate surface area is 202 Å². The van der Waals surface area contributed by atoms with E-state index in [4.69, 9.17) is 9.47 Å². The molecule has 5 nitrogen and oxygen atoms in total. The average molecular weight is 460 g/mol. The molecule has 0 atom stereocenters. The highest BCUT2D eigenvalue weighted by Gasteiger charge is 2.13. The number of amides is 1. The van der Waals surface area contributed by atoms with Crippen LogP contribution in [0, 0.1) is 13.8 Å². The molecule has 0 aromatic heterocycles. The van der Waals surface area contributed by atoms with E-state index in [1.165, 1.54) is 5.56 Å². The number of esters is 1. The van der Waals surface area contributed by atoms with E-state index in [0.29, 0.717) is 24.3 Å². The molecule has 1 N–H and O–H groups in total. The fourth-order valence-corrected chi connectivity index (χ4v) is 3.46. The summed E-state index contributed by atoms with van der Waals surface area (Å²) >= 11 is 0. The van der Waals surface area contributed by atoms with Crippen LogP contribution in [0.25, 0.3) is 0 Å². The molecule has 0 radical (unpaired) electrons. The van der Waals surface area contributed by atoms with Gasteiger partial charge >= 0.3 is 5.97 Å². The van der Waals surface area contributed by atoms with Crippen LogP contribution in [0.3, 0.4) is 0 Å². The summed E-state index contributed by atoms with van der Waals surface area (Å²) in [4.78, 5) is 24.7. The lowest BCUT2D eigenvalue weighted by Gasteiger charge is -2.19. The molecule has 3 aromatic carbocycles. The molecule has 0 bridgehead atoms. The van der Waals surface area contributed by atoms with Gasteiger partial charge in [0.25, 0.3) is 5.91 Å². The third kappa shape index (κ3) is 7.20. The predicted octanol–water partition coefficient (Wildman–Crippen LogP) is 6.62. The number of aryl methyl sites for hydroxylation is 2. The fraction of sp³-hybridized carbons (Fsp3) is 0.310. The van der Waals surface area contributed by atoms with Crippen LogP contribution in [-0.2, 0) is 10.2 Å². The molecule has 0 spiro atoms. The van der Waals surface area contributed by atoms with Gasteiger partial charge in [-0.15, -0.1) is 0 Å². The smallest absolute Gasteiger partial charge is 0.311 e. The van der Waals surface area contributed by atoms with Crippen molar-refractivity contribution in [2.75, 3.05) is 11.9 Å². The minimum atomic E-state index is -0.334. The zero-order chi connectivity index (χ0) is 24.7. The van der Waals surface area contributed by atoms with Crippen LogP contribution in [0.2, 0.25) is 0 Å². The Morgan fingerprint density at radius 3 is 2.12 bits per heavy atom. The maximum atomic E-state index is 12.5. The Bertz CT molecular complexity index is 1130. The van der Waals surface area contributed by atoms with Gasteiger partial charge < -0.3 is 14.8 Å². The van der Waals surface area contributed by atoms with Crippen LogP contribution >= 0.6 is 0 Å². The number of carbonyl (C=O) groups excluding carboxylic acids is 2. The van der Waals surface area contributed by atoms with Crippen LogP contribution in [0.4, 0.5) is 5.69 Å². The number of rotatable bonds is 8.